The SMILES string of the molecule is Cl.Nc1ccn(CC(=O)c2ccco2)c(=O)n1. The Kier molecular flexibility index (Phi) is 4.06. The van der Waals surface area contributed by atoms with E-state index in [9.17, 15) is 9.59 Å². The third-order valence-electron chi connectivity index (χ3n) is 2.01. The molecule has 90 valence electrons. The van der Waals surface area contributed by atoms with Gasteiger partial charge in [-0.2, -0.15) is 4.98 Å². The predicted molar refractivity (Wildman–Crippen MR) is 63.2 cm³/mol. The molecule has 7 heteroatoms. The smallest absolute Gasteiger partial charge is 0.349 e. The van der Waals surface area contributed by atoms with E-state index in [1.807, 2.05) is 0 Å². The molecule has 0 unspecified atom stereocenters. The lowest BCUT2D eigenvalue weighted by atomic mass is 10.3. The largest absolute Gasteiger partial charge is 0.461 e. The van der Waals surface area contributed by atoms with Crippen LogP contribution in [-0.4, -0.2) is 15.3 Å². The van der Waals surface area contributed by atoms with E-state index in [4.69, 9.17) is 10.2 Å². The quantitative estimate of drug-likeness (QED) is 0.816. The molecule has 0 bridgehead atoms. The maximum atomic E-state index is 11.6. The summed E-state index contributed by atoms with van der Waals surface area (Å²) in [6, 6.07) is 4.60. The molecule has 17 heavy (non-hydrogen) atoms. The number of Topliss-reactive ketones (excluding diaryl/α,β-unsaturated/α-hetero) is 1. The van der Waals surface area contributed by atoms with Crippen molar-refractivity contribution in [2.75, 3.05) is 5.73 Å². The Morgan fingerprint density at radius 3 is 2.82 bits per heavy atom. The van der Waals surface area contributed by atoms with E-state index in [1.165, 1.54) is 29.2 Å². The number of nitrogens with two attached hydrogens (primary N) is 1. The summed E-state index contributed by atoms with van der Waals surface area (Å²) < 4.78 is 6.09. The molecule has 0 radical (unpaired) electrons. The first kappa shape index (κ1) is 13.0. The third kappa shape index (κ3) is 2.94. The second-order valence-electron chi connectivity index (χ2n) is 3.16. The second kappa shape index (κ2) is 5.31. The summed E-state index contributed by atoms with van der Waals surface area (Å²) in [4.78, 5) is 26.4. The van der Waals surface area contributed by atoms with E-state index in [0.29, 0.717) is 0 Å². The monoisotopic (exact) mass is 255 g/mol. The van der Waals surface area contributed by atoms with Gasteiger partial charge in [-0.05, 0) is 18.2 Å². The fourth-order valence-electron chi connectivity index (χ4n) is 1.23. The molecule has 2 N–H and O–H groups in total. The first-order valence-electron chi connectivity index (χ1n) is 4.56. The van der Waals surface area contributed by atoms with E-state index in [2.05, 4.69) is 4.98 Å². The summed E-state index contributed by atoms with van der Waals surface area (Å²) in [7, 11) is 0. The van der Waals surface area contributed by atoms with Crippen LogP contribution in [0, 0.1) is 0 Å². The maximum absolute atomic E-state index is 11.6. The number of halogens is 1. The highest BCUT2D eigenvalue weighted by molar-refractivity contribution is 5.93. The summed E-state index contributed by atoms with van der Waals surface area (Å²) in [5, 5.41) is 0. The highest BCUT2D eigenvalue weighted by Crippen LogP contribution is 2.02. The number of carbonyl (C=O) groups excluding carboxylic acids is 1. The van der Waals surface area contributed by atoms with Gasteiger partial charge in [0.15, 0.2) is 5.76 Å². The lowest BCUT2D eigenvalue weighted by Crippen LogP contribution is -2.26. The Balaban J connectivity index is 0.00000144. The van der Waals surface area contributed by atoms with Crippen molar-refractivity contribution in [2.24, 2.45) is 0 Å². The van der Waals surface area contributed by atoms with Crippen molar-refractivity contribution >= 4 is 24.0 Å². The molecule has 0 saturated carbocycles. The number of hydrogen-bond acceptors (Lipinski definition) is 5. The van der Waals surface area contributed by atoms with Crippen LogP contribution in [0.5, 0.6) is 0 Å². The minimum Gasteiger partial charge on any atom is -0.461 e. The number of nitrogen functional groups attached to an aromatic ring is 1. The Morgan fingerprint density at radius 1 is 1.47 bits per heavy atom. The van der Waals surface area contributed by atoms with E-state index in [-0.39, 0.29) is 36.3 Å². The highest BCUT2D eigenvalue weighted by atomic mass is 35.5. The predicted octanol–water partition coefficient (Wildman–Crippen LogP) is 0.723. The molecule has 0 saturated heterocycles. The summed E-state index contributed by atoms with van der Waals surface area (Å²) in [6.07, 6.45) is 2.82. The van der Waals surface area contributed by atoms with Crippen molar-refractivity contribution < 1.29 is 9.21 Å². The van der Waals surface area contributed by atoms with E-state index >= 15 is 0 Å². The average Bonchev–Trinajstić information content (AvgIpc) is 2.75. The lowest BCUT2D eigenvalue weighted by molar-refractivity contribution is 0.0943. The topological polar surface area (TPSA) is 91.1 Å². The van der Waals surface area contributed by atoms with Crippen LogP contribution in [0.4, 0.5) is 5.82 Å². The first-order valence-corrected chi connectivity index (χ1v) is 4.56. The molecular weight excluding hydrogens is 246 g/mol. The first-order chi connectivity index (χ1) is 7.66. The number of aromatic nitrogens is 2. The van der Waals surface area contributed by atoms with Gasteiger partial charge in [0.25, 0.3) is 0 Å². The fourth-order valence-corrected chi connectivity index (χ4v) is 1.23. The molecule has 0 atom stereocenters. The van der Waals surface area contributed by atoms with Gasteiger partial charge < -0.3 is 10.2 Å². The van der Waals surface area contributed by atoms with Gasteiger partial charge in [-0.1, -0.05) is 0 Å². The average molecular weight is 256 g/mol. The summed E-state index contributed by atoms with van der Waals surface area (Å²) in [5.41, 5.74) is 4.77. The van der Waals surface area contributed by atoms with Crippen LogP contribution in [0.2, 0.25) is 0 Å². The van der Waals surface area contributed by atoms with Crippen molar-refractivity contribution in [2.45, 2.75) is 6.54 Å². The molecule has 2 aromatic rings. The van der Waals surface area contributed by atoms with E-state index in [0.717, 1.165) is 0 Å². The number of carbonyl (C=O) groups is 1. The van der Waals surface area contributed by atoms with Crippen LogP contribution < -0.4 is 11.4 Å². The molecular formula is C10H10ClN3O3. The normalized spacial score (nSPS) is 9.65. The summed E-state index contributed by atoms with van der Waals surface area (Å²) in [5.74, 6) is 0.0501. The molecule has 2 heterocycles. The summed E-state index contributed by atoms with van der Waals surface area (Å²) >= 11 is 0. The van der Waals surface area contributed by atoms with Crippen molar-refractivity contribution in [3.63, 3.8) is 0 Å². The van der Waals surface area contributed by atoms with E-state index < -0.39 is 5.69 Å². The maximum Gasteiger partial charge on any atom is 0.349 e. The molecule has 0 spiro atoms. The van der Waals surface area contributed by atoms with Crippen LogP contribution in [0.3, 0.4) is 0 Å². The van der Waals surface area contributed by atoms with Gasteiger partial charge in [0.2, 0.25) is 5.78 Å². The molecule has 0 aromatic carbocycles. The van der Waals surface area contributed by atoms with Crippen molar-refractivity contribution in [1.82, 2.24) is 9.55 Å². The number of hydrogen-bond donors (Lipinski definition) is 1. The van der Waals surface area contributed by atoms with Crippen LogP contribution in [0.1, 0.15) is 10.6 Å². The van der Waals surface area contributed by atoms with Crippen molar-refractivity contribution in [3.05, 3.63) is 46.9 Å². The van der Waals surface area contributed by atoms with Crippen LogP contribution in [-0.2, 0) is 6.54 Å². The number of ketones is 1. The number of anilines is 1. The highest BCUT2D eigenvalue weighted by Gasteiger charge is 2.10. The zero-order chi connectivity index (χ0) is 11.5. The van der Waals surface area contributed by atoms with E-state index in [1.54, 1.807) is 6.07 Å². The number of nitrogens with zero attached hydrogens (tertiary/aromatic N) is 2. The fraction of sp³-hybridized carbons (Fsp3) is 0.100. The zero-order valence-corrected chi connectivity index (χ0v) is 9.52. The third-order valence-corrected chi connectivity index (χ3v) is 2.01. The zero-order valence-electron chi connectivity index (χ0n) is 8.70. The molecule has 0 aliphatic rings. The number of furan rings is 1. The Morgan fingerprint density at radius 2 is 2.24 bits per heavy atom. The minimum absolute atomic E-state index is 0. The molecule has 2 rings (SSSR count). The Labute approximate surface area is 102 Å². The van der Waals surface area contributed by atoms with Crippen molar-refractivity contribution in [3.8, 4) is 0 Å². The van der Waals surface area contributed by atoms with Crippen molar-refractivity contribution in [1.29, 1.82) is 0 Å². The number of rotatable bonds is 3. The second-order valence-corrected chi connectivity index (χ2v) is 3.16. The van der Waals surface area contributed by atoms with Gasteiger partial charge in [0, 0.05) is 6.20 Å². The Hall–Kier alpha value is -2.08. The van der Waals surface area contributed by atoms with Gasteiger partial charge >= 0.3 is 5.69 Å². The van der Waals surface area contributed by atoms with Gasteiger partial charge in [-0.3, -0.25) is 9.36 Å². The lowest BCUT2D eigenvalue weighted by Gasteiger charge is -2.02. The van der Waals surface area contributed by atoms with Gasteiger partial charge in [-0.25, -0.2) is 4.79 Å². The van der Waals surface area contributed by atoms with Gasteiger partial charge in [-0.15, -0.1) is 12.4 Å². The summed E-state index contributed by atoms with van der Waals surface area (Å²) in [6.45, 7) is -0.111. The Bertz CT molecular complexity index is 562. The minimum atomic E-state index is -0.556. The van der Waals surface area contributed by atoms with Crippen LogP contribution in [0.15, 0.2) is 39.9 Å². The van der Waals surface area contributed by atoms with Crippen LogP contribution >= 0.6 is 12.4 Å². The van der Waals surface area contributed by atoms with Gasteiger partial charge in [0.1, 0.15) is 5.82 Å². The molecule has 0 aliphatic heterocycles. The van der Waals surface area contributed by atoms with Gasteiger partial charge in [0.05, 0.1) is 12.8 Å². The molecule has 0 aliphatic carbocycles. The van der Waals surface area contributed by atoms with Crippen LogP contribution in [0.25, 0.3) is 0 Å². The molecule has 0 fully saturated rings. The standard InChI is InChI=1S/C10H9N3O3.ClH/c11-9-3-4-13(10(15)12-9)6-7(14)8-2-1-5-16-8;/h1-5H,6H2,(H2,11,12,15);1H. The molecule has 2 aromatic heterocycles. The molecule has 0 amide bonds. The molecule has 6 nitrogen and oxygen atoms in total.